The Morgan fingerprint density at radius 3 is 2.04 bits per heavy atom. The number of rotatable bonds is 18. The maximum Gasteiger partial charge on any atom is 0.333 e. The van der Waals surface area contributed by atoms with E-state index in [1.807, 2.05) is 30.3 Å². The van der Waals surface area contributed by atoms with Gasteiger partial charge in [0.1, 0.15) is 5.41 Å². The molecule has 2 aliphatic rings. The molecule has 0 aromatic heterocycles. The van der Waals surface area contributed by atoms with Gasteiger partial charge in [0.2, 0.25) is 23.6 Å². The molecule has 0 bridgehead atoms. The molecule has 3 rings (SSSR count). The average molecular weight is 628 g/mol. The van der Waals surface area contributed by atoms with Crippen molar-refractivity contribution in [1.29, 1.82) is 0 Å². The maximum absolute atomic E-state index is 13.2. The minimum atomic E-state index is -1.35. The van der Waals surface area contributed by atoms with Crippen LogP contribution in [0.25, 0.3) is 0 Å². The number of amides is 8. The van der Waals surface area contributed by atoms with Gasteiger partial charge in [0.05, 0.1) is 12.3 Å². The molecule has 1 atom stereocenters. The van der Waals surface area contributed by atoms with E-state index in [0.29, 0.717) is 37.4 Å². The lowest BCUT2D eigenvalue weighted by atomic mass is 9.76. The summed E-state index contributed by atoms with van der Waals surface area (Å²) < 4.78 is 0. The quantitative estimate of drug-likeness (QED) is 0.107. The number of hydroxylamine groups is 2. The first kappa shape index (κ1) is 34.9. The van der Waals surface area contributed by atoms with Crippen molar-refractivity contribution in [3.63, 3.8) is 0 Å². The van der Waals surface area contributed by atoms with Gasteiger partial charge in [-0.15, -0.1) is 5.06 Å². The molecule has 1 aromatic rings. The van der Waals surface area contributed by atoms with Crippen molar-refractivity contribution in [2.24, 2.45) is 5.41 Å². The first-order valence-electron chi connectivity index (χ1n) is 15.4. The highest BCUT2D eigenvalue weighted by Gasteiger charge is 2.48. The van der Waals surface area contributed by atoms with Crippen LogP contribution in [0.3, 0.4) is 0 Å². The summed E-state index contributed by atoms with van der Waals surface area (Å²) in [5, 5.41) is 10.5. The average Bonchev–Trinajstić information content (AvgIpc) is 3.33. The summed E-state index contributed by atoms with van der Waals surface area (Å²) in [5.41, 5.74) is -0.525. The van der Waals surface area contributed by atoms with Gasteiger partial charge in [-0.2, -0.15) is 0 Å². The molecule has 2 heterocycles. The van der Waals surface area contributed by atoms with E-state index in [4.69, 9.17) is 4.84 Å². The molecule has 4 N–H and O–H groups in total. The van der Waals surface area contributed by atoms with Crippen molar-refractivity contribution < 1.29 is 43.2 Å². The van der Waals surface area contributed by atoms with E-state index in [0.717, 1.165) is 24.8 Å². The fourth-order valence-electron chi connectivity index (χ4n) is 5.32. The predicted octanol–water partition coefficient (Wildman–Crippen LogP) is 1.88. The lowest BCUT2D eigenvalue weighted by Crippen LogP contribution is -2.62. The second-order valence-electron chi connectivity index (χ2n) is 11.1. The second kappa shape index (κ2) is 17.0. The molecule has 1 aromatic carbocycles. The molecular weight excluding hydrogens is 586 g/mol. The Morgan fingerprint density at radius 1 is 0.844 bits per heavy atom. The van der Waals surface area contributed by atoms with Gasteiger partial charge in [0.25, 0.3) is 11.8 Å². The Hall–Kier alpha value is -4.62. The summed E-state index contributed by atoms with van der Waals surface area (Å²) in [4.78, 5) is 101. The van der Waals surface area contributed by atoms with Crippen LogP contribution in [0.15, 0.2) is 30.3 Å². The fraction of sp³-hybridized carbons (Fsp3) is 0.548. The van der Waals surface area contributed by atoms with E-state index in [2.05, 4.69) is 21.3 Å². The van der Waals surface area contributed by atoms with E-state index in [1.165, 1.54) is 0 Å². The summed E-state index contributed by atoms with van der Waals surface area (Å²) in [6.45, 7) is 2.60. The number of nitrogens with one attached hydrogen (secondary N) is 4. The monoisotopic (exact) mass is 627 g/mol. The van der Waals surface area contributed by atoms with Gasteiger partial charge in [0.15, 0.2) is 0 Å². The number of hydrogen-bond donors (Lipinski definition) is 4. The zero-order valence-corrected chi connectivity index (χ0v) is 25.5. The van der Waals surface area contributed by atoms with Crippen LogP contribution in [0.5, 0.6) is 0 Å². The van der Waals surface area contributed by atoms with Crippen LogP contribution in [-0.4, -0.2) is 65.6 Å². The van der Waals surface area contributed by atoms with E-state index in [1.54, 1.807) is 6.92 Å². The summed E-state index contributed by atoms with van der Waals surface area (Å²) in [5.74, 6) is -4.16. The van der Waals surface area contributed by atoms with Gasteiger partial charge in [-0.05, 0) is 37.7 Å². The van der Waals surface area contributed by atoms with Gasteiger partial charge in [-0.3, -0.25) is 39.4 Å². The largest absolute Gasteiger partial charge is 0.356 e. The fourth-order valence-corrected chi connectivity index (χ4v) is 5.32. The molecule has 0 aliphatic carbocycles. The Kier molecular flexibility index (Phi) is 13.2. The first-order chi connectivity index (χ1) is 21.6. The van der Waals surface area contributed by atoms with Crippen LogP contribution in [0.1, 0.15) is 95.5 Å². The number of carbonyl (C=O) groups is 8. The summed E-state index contributed by atoms with van der Waals surface area (Å²) in [7, 11) is 0. The van der Waals surface area contributed by atoms with Crippen molar-refractivity contribution in [3.8, 4) is 0 Å². The number of unbranched alkanes of at least 4 members (excludes halogenated alkanes) is 3. The third-order valence-electron chi connectivity index (χ3n) is 8.02. The Balaban J connectivity index is 1.32. The van der Waals surface area contributed by atoms with Crippen LogP contribution >= 0.6 is 0 Å². The van der Waals surface area contributed by atoms with Crippen molar-refractivity contribution in [1.82, 2.24) is 26.3 Å². The second-order valence-corrected chi connectivity index (χ2v) is 11.1. The smallest absolute Gasteiger partial charge is 0.333 e. The number of nitrogens with zero attached hydrogens (tertiary/aromatic N) is 1. The molecule has 244 valence electrons. The highest BCUT2D eigenvalue weighted by molar-refractivity contribution is 6.19. The highest BCUT2D eigenvalue weighted by Crippen LogP contribution is 2.33. The normalized spacial score (nSPS) is 16.6. The highest BCUT2D eigenvalue weighted by atomic mass is 16.7. The molecule has 2 fully saturated rings. The molecule has 0 radical (unpaired) electrons. The van der Waals surface area contributed by atoms with Crippen LogP contribution in [-0.2, 0) is 38.4 Å². The third-order valence-corrected chi connectivity index (χ3v) is 8.02. The zero-order valence-electron chi connectivity index (χ0n) is 25.5. The number of urea groups is 1. The lowest BCUT2D eigenvalue weighted by Gasteiger charge is -2.33. The lowest BCUT2D eigenvalue weighted by molar-refractivity contribution is -0.197. The number of hydrogen-bond acceptors (Lipinski definition) is 9. The maximum atomic E-state index is 13.2. The SMILES string of the molecule is CCC1(CCCC(C(=O)NCCCCCCNC(=O)CCC(=O)ON2C(=O)CCC2=O)c2ccccc2)C(=O)NC(=O)NC1=O. The van der Waals surface area contributed by atoms with Crippen LogP contribution in [0.2, 0.25) is 0 Å². The van der Waals surface area contributed by atoms with E-state index < -0.39 is 47.0 Å². The molecule has 0 saturated carbocycles. The summed E-state index contributed by atoms with van der Waals surface area (Å²) >= 11 is 0. The zero-order chi connectivity index (χ0) is 32.8. The number of imide groups is 3. The number of benzene rings is 1. The minimum Gasteiger partial charge on any atom is -0.356 e. The Labute approximate surface area is 261 Å². The Morgan fingerprint density at radius 2 is 1.44 bits per heavy atom. The molecule has 1 unspecified atom stereocenters. The van der Waals surface area contributed by atoms with Crippen molar-refractivity contribution in [3.05, 3.63) is 35.9 Å². The van der Waals surface area contributed by atoms with E-state index in [9.17, 15) is 38.4 Å². The first-order valence-corrected chi connectivity index (χ1v) is 15.4. The van der Waals surface area contributed by atoms with Gasteiger partial charge >= 0.3 is 12.0 Å². The molecule has 2 aliphatic heterocycles. The number of barbiturate groups is 1. The van der Waals surface area contributed by atoms with Crippen molar-refractivity contribution >= 4 is 47.4 Å². The van der Waals surface area contributed by atoms with Crippen molar-refractivity contribution in [2.45, 2.75) is 89.9 Å². The minimum absolute atomic E-state index is 0.00294. The van der Waals surface area contributed by atoms with E-state index in [-0.39, 0.29) is 50.3 Å². The third kappa shape index (κ3) is 9.95. The van der Waals surface area contributed by atoms with Gasteiger partial charge in [0, 0.05) is 32.4 Å². The molecule has 2 saturated heterocycles. The Bertz CT molecular complexity index is 1250. The van der Waals surface area contributed by atoms with E-state index >= 15 is 0 Å². The molecule has 0 spiro atoms. The number of carbonyl (C=O) groups excluding carboxylic acids is 8. The van der Waals surface area contributed by atoms with Gasteiger partial charge < -0.3 is 15.5 Å². The molecule has 8 amide bonds. The molecular formula is C31H41N5O9. The predicted molar refractivity (Wildman–Crippen MR) is 158 cm³/mol. The van der Waals surface area contributed by atoms with Gasteiger partial charge in [-0.1, -0.05) is 56.5 Å². The van der Waals surface area contributed by atoms with Crippen LogP contribution < -0.4 is 21.3 Å². The van der Waals surface area contributed by atoms with Crippen LogP contribution in [0, 0.1) is 5.41 Å². The van der Waals surface area contributed by atoms with Crippen molar-refractivity contribution in [2.75, 3.05) is 13.1 Å². The standard InChI is InChI=1S/C31H41N5O9/c1-2-31(28(42)34-30(44)35-29(31)43)18-10-13-22(21-11-6-5-7-12-21)27(41)33-20-9-4-3-8-19-32-23(37)14-17-26(40)45-36-24(38)15-16-25(36)39/h5-7,11-12,22H,2-4,8-10,13-20H2,1H3,(H,32,37)(H,33,41)(H2,34,35,42,43,44). The van der Waals surface area contributed by atoms with Crippen LogP contribution in [0.4, 0.5) is 4.79 Å². The molecule has 14 heteroatoms. The molecule has 45 heavy (non-hydrogen) atoms. The molecule has 14 nitrogen and oxygen atoms in total. The summed E-state index contributed by atoms with van der Waals surface area (Å²) in [6.07, 6.45) is 3.96. The topological polar surface area (TPSA) is 197 Å². The van der Waals surface area contributed by atoms with Gasteiger partial charge in [-0.25, -0.2) is 9.59 Å². The summed E-state index contributed by atoms with van der Waals surface area (Å²) in [6, 6.07) is 8.46.